The molecule has 3 rings (SSSR count). The highest BCUT2D eigenvalue weighted by Crippen LogP contribution is 2.16. The van der Waals surface area contributed by atoms with Gasteiger partial charge in [-0.15, -0.1) is 23.1 Å². The minimum Gasteiger partial charge on any atom is -0.309 e. The fraction of sp³-hybridized carbons (Fsp3) is 0.200. The smallest absolute Gasteiger partial charge is 0.268 e. The van der Waals surface area contributed by atoms with Crippen LogP contribution in [0.1, 0.15) is 5.82 Å². The maximum Gasteiger partial charge on any atom is 0.268 e. The predicted octanol–water partition coefficient (Wildman–Crippen LogP) is 2.87. The molecule has 0 aliphatic heterocycles. The molecule has 2 N–H and O–H groups in total. The van der Waals surface area contributed by atoms with E-state index in [0.29, 0.717) is 17.1 Å². The van der Waals surface area contributed by atoms with Crippen LogP contribution in [0.2, 0.25) is 0 Å². The van der Waals surface area contributed by atoms with E-state index in [2.05, 4.69) is 27.4 Å². The number of benzene rings is 1. The SMILES string of the molecule is O=c1[nH]c(CNCCSc2ccccc2)nc2ccsc12. The molecular formula is C15H15N3OS2. The highest BCUT2D eigenvalue weighted by atomic mass is 32.2. The third kappa shape index (κ3) is 3.72. The first-order valence-corrected chi connectivity index (χ1v) is 8.54. The highest BCUT2D eigenvalue weighted by Gasteiger charge is 2.04. The van der Waals surface area contributed by atoms with Gasteiger partial charge in [0.15, 0.2) is 0 Å². The molecule has 0 bridgehead atoms. The maximum atomic E-state index is 11.8. The van der Waals surface area contributed by atoms with Gasteiger partial charge in [-0.2, -0.15) is 0 Å². The monoisotopic (exact) mass is 317 g/mol. The number of H-pyrrole nitrogens is 1. The molecule has 0 aliphatic rings. The van der Waals surface area contributed by atoms with Gasteiger partial charge in [-0.3, -0.25) is 4.79 Å². The summed E-state index contributed by atoms with van der Waals surface area (Å²) in [5, 5.41) is 5.20. The van der Waals surface area contributed by atoms with Gasteiger partial charge in [0, 0.05) is 17.2 Å². The number of aromatic amines is 1. The molecule has 3 aromatic rings. The first-order valence-electron chi connectivity index (χ1n) is 6.68. The number of hydrogen-bond donors (Lipinski definition) is 2. The van der Waals surface area contributed by atoms with Crippen LogP contribution in [-0.4, -0.2) is 22.3 Å². The number of rotatable bonds is 6. The van der Waals surface area contributed by atoms with Crippen molar-refractivity contribution < 1.29 is 0 Å². The van der Waals surface area contributed by atoms with E-state index in [4.69, 9.17) is 0 Å². The van der Waals surface area contributed by atoms with E-state index >= 15 is 0 Å². The molecule has 0 saturated carbocycles. The zero-order valence-corrected chi connectivity index (χ0v) is 13.0. The van der Waals surface area contributed by atoms with Crippen molar-refractivity contribution in [3.8, 4) is 0 Å². The van der Waals surface area contributed by atoms with E-state index < -0.39 is 0 Å². The first-order chi connectivity index (χ1) is 10.3. The molecule has 0 aliphatic carbocycles. The van der Waals surface area contributed by atoms with E-state index in [1.807, 2.05) is 41.4 Å². The summed E-state index contributed by atoms with van der Waals surface area (Å²) in [6, 6.07) is 12.2. The molecule has 1 aromatic carbocycles. The number of aromatic nitrogens is 2. The minimum atomic E-state index is -0.0505. The average Bonchev–Trinajstić information content (AvgIpc) is 2.97. The van der Waals surface area contributed by atoms with E-state index in [0.717, 1.165) is 17.8 Å². The Hall–Kier alpha value is -1.63. The molecule has 0 radical (unpaired) electrons. The second-order valence-corrected chi connectivity index (χ2v) is 6.57. The lowest BCUT2D eigenvalue weighted by molar-refractivity contribution is 0.695. The Balaban J connectivity index is 1.49. The van der Waals surface area contributed by atoms with Crippen LogP contribution < -0.4 is 10.9 Å². The molecule has 21 heavy (non-hydrogen) atoms. The molecule has 0 saturated heterocycles. The topological polar surface area (TPSA) is 57.8 Å². The van der Waals surface area contributed by atoms with Crippen molar-refractivity contribution in [3.05, 3.63) is 58.0 Å². The van der Waals surface area contributed by atoms with Crippen LogP contribution in [0.5, 0.6) is 0 Å². The van der Waals surface area contributed by atoms with Gasteiger partial charge in [0.2, 0.25) is 0 Å². The van der Waals surface area contributed by atoms with Gasteiger partial charge in [0.1, 0.15) is 10.5 Å². The third-order valence-corrected chi connectivity index (χ3v) is 4.86. The fourth-order valence-corrected chi connectivity index (χ4v) is 3.53. The van der Waals surface area contributed by atoms with Crippen LogP contribution in [0.3, 0.4) is 0 Å². The number of nitrogens with zero attached hydrogens (tertiary/aromatic N) is 1. The lowest BCUT2D eigenvalue weighted by Crippen LogP contribution is -2.21. The Morgan fingerprint density at radius 3 is 2.95 bits per heavy atom. The van der Waals surface area contributed by atoms with Crippen molar-refractivity contribution in [2.24, 2.45) is 0 Å². The summed E-state index contributed by atoms with van der Waals surface area (Å²) in [4.78, 5) is 20.3. The minimum absolute atomic E-state index is 0.0505. The number of nitrogens with one attached hydrogen (secondary N) is 2. The molecule has 4 nitrogen and oxygen atoms in total. The normalized spacial score (nSPS) is 11.0. The van der Waals surface area contributed by atoms with Crippen LogP contribution in [0.4, 0.5) is 0 Å². The van der Waals surface area contributed by atoms with Crippen molar-refractivity contribution in [2.75, 3.05) is 12.3 Å². The predicted molar refractivity (Wildman–Crippen MR) is 89.1 cm³/mol. The van der Waals surface area contributed by atoms with Crippen LogP contribution in [0.25, 0.3) is 10.2 Å². The fourth-order valence-electron chi connectivity index (χ4n) is 1.97. The molecule has 0 amide bonds. The maximum absolute atomic E-state index is 11.8. The third-order valence-electron chi connectivity index (χ3n) is 2.95. The summed E-state index contributed by atoms with van der Waals surface area (Å²) in [5.41, 5.74) is 0.727. The van der Waals surface area contributed by atoms with E-state index in [9.17, 15) is 4.79 Å². The average molecular weight is 317 g/mol. The number of fused-ring (bicyclic) bond motifs is 1. The Kier molecular flexibility index (Phi) is 4.69. The molecule has 2 aromatic heterocycles. The quantitative estimate of drug-likeness (QED) is 0.542. The second kappa shape index (κ2) is 6.89. The largest absolute Gasteiger partial charge is 0.309 e. The van der Waals surface area contributed by atoms with Gasteiger partial charge >= 0.3 is 0 Å². The van der Waals surface area contributed by atoms with Crippen molar-refractivity contribution >= 4 is 33.3 Å². The van der Waals surface area contributed by atoms with Crippen molar-refractivity contribution in [2.45, 2.75) is 11.4 Å². The molecule has 0 spiro atoms. The molecule has 0 unspecified atom stereocenters. The summed E-state index contributed by atoms with van der Waals surface area (Å²) in [6.45, 7) is 1.45. The Morgan fingerprint density at radius 1 is 1.24 bits per heavy atom. The standard InChI is InChI=1S/C15H15N3OS2/c19-15-14-12(6-8-21-14)17-13(18-15)10-16-7-9-20-11-4-2-1-3-5-11/h1-6,8,16H,7,9-10H2,(H,17,18,19). The Labute approximate surface area is 130 Å². The summed E-state index contributed by atoms with van der Waals surface area (Å²) in [5.74, 6) is 1.67. The van der Waals surface area contributed by atoms with E-state index in [1.54, 1.807) is 0 Å². The summed E-state index contributed by atoms with van der Waals surface area (Å²) < 4.78 is 0.693. The summed E-state index contributed by atoms with van der Waals surface area (Å²) in [7, 11) is 0. The van der Waals surface area contributed by atoms with Crippen LogP contribution in [-0.2, 0) is 6.54 Å². The van der Waals surface area contributed by atoms with E-state index in [1.165, 1.54) is 16.2 Å². The highest BCUT2D eigenvalue weighted by molar-refractivity contribution is 7.99. The number of hydrogen-bond acceptors (Lipinski definition) is 5. The van der Waals surface area contributed by atoms with Crippen molar-refractivity contribution in [1.29, 1.82) is 0 Å². The van der Waals surface area contributed by atoms with E-state index in [-0.39, 0.29) is 5.56 Å². The van der Waals surface area contributed by atoms with Crippen LogP contribution >= 0.6 is 23.1 Å². The molecule has 0 atom stereocenters. The zero-order chi connectivity index (χ0) is 14.5. The molecule has 108 valence electrons. The van der Waals surface area contributed by atoms with Crippen LogP contribution in [0.15, 0.2) is 51.5 Å². The number of thioether (sulfide) groups is 1. The Bertz CT molecular complexity index is 767. The summed E-state index contributed by atoms with van der Waals surface area (Å²) in [6.07, 6.45) is 0. The van der Waals surface area contributed by atoms with Crippen molar-refractivity contribution in [3.63, 3.8) is 0 Å². The lowest BCUT2D eigenvalue weighted by atomic mass is 10.4. The van der Waals surface area contributed by atoms with Gasteiger partial charge in [-0.1, -0.05) is 18.2 Å². The molecule has 0 fully saturated rings. The van der Waals surface area contributed by atoms with Gasteiger partial charge in [-0.05, 0) is 23.6 Å². The Morgan fingerprint density at radius 2 is 2.10 bits per heavy atom. The lowest BCUT2D eigenvalue weighted by Gasteiger charge is -2.04. The zero-order valence-electron chi connectivity index (χ0n) is 11.3. The molecule has 2 heterocycles. The second-order valence-electron chi connectivity index (χ2n) is 4.49. The summed E-state index contributed by atoms with van der Waals surface area (Å²) >= 11 is 3.23. The van der Waals surface area contributed by atoms with Gasteiger partial charge in [0.25, 0.3) is 5.56 Å². The van der Waals surface area contributed by atoms with Gasteiger partial charge in [-0.25, -0.2) is 4.98 Å². The number of thiophene rings is 1. The molecule has 6 heteroatoms. The van der Waals surface area contributed by atoms with Crippen LogP contribution in [0, 0.1) is 0 Å². The van der Waals surface area contributed by atoms with Gasteiger partial charge < -0.3 is 10.3 Å². The molecular weight excluding hydrogens is 302 g/mol. The van der Waals surface area contributed by atoms with Crippen molar-refractivity contribution in [1.82, 2.24) is 15.3 Å². The van der Waals surface area contributed by atoms with Gasteiger partial charge in [0.05, 0.1) is 12.1 Å². The first kappa shape index (κ1) is 14.3.